The van der Waals surface area contributed by atoms with Crippen LogP contribution in [0.2, 0.25) is 0 Å². The number of benzene rings is 1. The van der Waals surface area contributed by atoms with Gasteiger partial charge in [-0.3, -0.25) is 4.79 Å². The molecule has 0 heterocycles. The van der Waals surface area contributed by atoms with Crippen LogP contribution in [0.1, 0.15) is 51.9 Å². The maximum atomic E-state index is 12.0. The van der Waals surface area contributed by atoms with E-state index in [0.717, 1.165) is 25.5 Å². The largest absolute Gasteiger partial charge is 0.491 e. The van der Waals surface area contributed by atoms with Gasteiger partial charge in [0.05, 0.1) is 23.9 Å². The summed E-state index contributed by atoms with van der Waals surface area (Å²) in [5.74, 6) is 0.138. The summed E-state index contributed by atoms with van der Waals surface area (Å²) >= 11 is 0. The van der Waals surface area contributed by atoms with Gasteiger partial charge in [0.25, 0.3) is 0 Å². The number of rotatable bonds is 17. The van der Waals surface area contributed by atoms with Gasteiger partial charge in [-0.15, -0.1) is 0 Å². The third-order valence-corrected chi connectivity index (χ3v) is 7.35. The van der Waals surface area contributed by atoms with E-state index in [1.54, 1.807) is 19.1 Å². The number of esters is 1. The van der Waals surface area contributed by atoms with E-state index < -0.39 is 26.0 Å². The first-order chi connectivity index (χ1) is 15.4. The predicted octanol–water partition coefficient (Wildman–Crippen LogP) is 2.39. The second-order valence-corrected chi connectivity index (χ2v) is 12.0. The van der Waals surface area contributed by atoms with Crippen LogP contribution in [0.4, 0.5) is 0 Å². The lowest BCUT2D eigenvalue weighted by atomic mass is 10.1. The summed E-state index contributed by atoms with van der Waals surface area (Å²) in [5.41, 5.74) is 0. The number of aliphatic hydroxyl groups is 1. The molecule has 0 bridgehead atoms. The van der Waals surface area contributed by atoms with Gasteiger partial charge >= 0.3 is 5.97 Å². The monoisotopic (exact) mass is 507 g/mol. The molecule has 0 spiro atoms. The molecule has 0 aliphatic carbocycles. The molecule has 1 atom stereocenters. The lowest BCUT2D eigenvalue weighted by Gasteiger charge is -2.20. The first-order valence-electron chi connectivity index (χ1n) is 11.1. The zero-order valence-electron chi connectivity index (χ0n) is 19.7. The molecule has 190 valence electrons. The number of hydrogen-bond donors (Lipinski definition) is 1. The van der Waals surface area contributed by atoms with E-state index >= 15 is 0 Å². The normalized spacial score (nSPS) is 13.1. The Morgan fingerprint density at radius 1 is 1.03 bits per heavy atom. The summed E-state index contributed by atoms with van der Waals surface area (Å²) in [7, 11) is -6.71. The van der Waals surface area contributed by atoms with Gasteiger partial charge < -0.3 is 14.6 Å². The molecule has 1 aromatic carbocycles. The van der Waals surface area contributed by atoms with Gasteiger partial charge in [-0.1, -0.05) is 18.9 Å². The van der Waals surface area contributed by atoms with Gasteiger partial charge in [0, 0.05) is 25.8 Å². The minimum absolute atomic E-state index is 0.0213. The fourth-order valence-electron chi connectivity index (χ4n) is 3.16. The molecule has 33 heavy (non-hydrogen) atoms. The average molecular weight is 508 g/mol. The smallest absolute Gasteiger partial charge is 0.305 e. The molecule has 0 aromatic heterocycles. The summed E-state index contributed by atoms with van der Waals surface area (Å²) in [6.07, 6.45) is 5.70. The van der Waals surface area contributed by atoms with E-state index in [4.69, 9.17) is 9.47 Å². The number of unbranched alkanes of at least 4 members (excludes halogenated alkanes) is 3. The number of sulfonamides is 1. The molecule has 1 aromatic rings. The molecule has 1 N–H and O–H groups in total. The van der Waals surface area contributed by atoms with Crippen molar-refractivity contribution >= 4 is 25.8 Å². The highest BCUT2D eigenvalue weighted by Crippen LogP contribution is 2.18. The van der Waals surface area contributed by atoms with Crippen LogP contribution in [-0.2, 0) is 29.4 Å². The van der Waals surface area contributed by atoms with Crippen LogP contribution in [0.25, 0.3) is 0 Å². The first-order valence-corrected chi connectivity index (χ1v) is 14.9. The molecule has 0 fully saturated rings. The fourth-order valence-corrected chi connectivity index (χ4v) is 4.74. The Kier molecular flexibility index (Phi) is 12.9. The number of carbonyl (C=O) groups excluding carboxylic acids is 1. The van der Waals surface area contributed by atoms with Gasteiger partial charge in [-0.2, -0.15) is 0 Å². The predicted molar refractivity (Wildman–Crippen MR) is 126 cm³/mol. The van der Waals surface area contributed by atoms with Crippen LogP contribution in [0, 0.1) is 0 Å². The summed E-state index contributed by atoms with van der Waals surface area (Å²) in [4.78, 5) is 11.4. The Balaban J connectivity index is 2.34. The maximum Gasteiger partial charge on any atom is 0.305 e. The van der Waals surface area contributed by atoms with Crippen molar-refractivity contribution < 1.29 is 36.2 Å². The highest BCUT2D eigenvalue weighted by molar-refractivity contribution is 7.90. The molecule has 0 saturated carbocycles. The zero-order chi connectivity index (χ0) is 24.9. The van der Waals surface area contributed by atoms with Crippen molar-refractivity contribution in [1.29, 1.82) is 0 Å². The van der Waals surface area contributed by atoms with Crippen LogP contribution in [-0.4, -0.2) is 77.1 Å². The average Bonchev–Trinajstić information content (AvgIpc) is 2.72. The van der Waals surface area contributed by atoms with Gasteiger partial charge in [-0.05, 0) is 50.8 Å². The number of aliphatic hydroxyl groups excluding tert-OH is 1. The highest BCUT2D eigenvalue weighted by atomic mass is 32.2. The van der Waals surface area contributed by atoms with Crippen molar-refractivity contribution in [1.82, 2.24) is 4.31 Å². The molecule has 0 radical (unpaired) electrons. The number of hydrogen-bond acceptors (Lipinski definition) is 8. The number of nitrogens with zero attached hydrogens (tertiary/aromatic N) is 1. The Labute approximate surface area is 198 Å². The molecule has 0 aliphatic heterocycles. The molecule has 0 amide bonds. The number of ether oxygens (including phenoxy) is 2. The number of sulfone groups is 1. The van der Waals surface area contributed by atoms with E-state index in [1.807, 2.05) is 0 Å². The van der Waals surface area contributed by atoms with Crippen molar-refractivity contribution in [2.24, 2.45) is 0 Å². The molecule has 0 saturated heterocycles. The third-order valence-electron chi connectivity index (χ3n) is 4.93. The third kappa shape index (κ3) is 13.0. The van der Waals surface area contributed by atoms with E-state index in [2.05, 4.69) is 0 Å². The van der Waals surface area contributed by atoms with Gasteiger partial charge in [-0.25, -0.2) is 21.1 Å². The molecule has 9 nitrogen and oxygen atoms in total. The van der Waals surface area contributed by atoms with E-state index in [1.165, 1.54) is 22.7 Å². The first kappa shape index (κ1) is 29.3. The maximum absolute atomic E-state index is 12.0. The van der Waals surface area contributed by atoms with E-state index in [0.29, 0.717) is 51.1 Å². The number of carbonyl (C=O) groups is 1. The van der Waals surface area contributed by atoms with Crippen LogP contribution in [0.15, 0.2) is 29.2 Å². The fraction of sp³-hybridized carbons (Fsp3) is 0.682. The van der Waals surface area contributed by atoms with Crippen molar-refractivity contribution in [2.45, 2.75) is 62.9 Å². The summed E-state index contributed by atoms with van der Waals surface area (Å²) in [6.45, 7) is 2.81. The van der Waals surface area contributed by atoms with Crippen LogP contribution in [0.5, 0.6) is 5.75 Å². The Morgan fingerprint density at radius 2 is 1.70 bits per heavy atom. The molecule has 1 rings (SSSR count). The molecule has 11 heteroatoms. The Hall–Kier alpha value is -1.69. The van der Waals surface area contributed by atoms with Crippen molar-refractivity contribution in [3.8, 4) is 5.75 Å². The molecular formula is C22H37NO8S2. The van der Waals surface area contributed by atoms with Crippen molar-refractivity contribution in [3.05, 3.63) is 24.3 Å². The topological polar surface area (TPSA) is 127 Å². The SMILES string of the molecule is CCOC(=O)CCCCCCN(CCCC(O)COc1cccc(S(C)(=O)=O)c1)S(C)(=O)=O. The van der Waals surface area contributed by atoms with Gasteiger partial charge in [0.2, 0.25) is 10.0 Å². The van der Waals surface area contributed by atoms with E-state index in [-0.39, 0.29) is 17.5 Å². The molecular weight excluding hydrogens is 470 g/mol. The van der Waals surface area contributed by atoms with Crippen LogP contribution < -0.4 is 4.74 Å². The van der Waals surface area contributed by atoms with Gasteiger partial charge in [0.1, 0.15) is 12.4 Å². The second-order valence-electron chi connectivity index (χ2n) is 7.99. The van der Waals surface area contributed by atoms with Crippen molar-refractivity contribution in [2.75, 3.05) is 38.8 Å². The van der Waals surface area contributed by atoms with E-state index in [9.17, 15) is 26.7 Å². The molecule has 1 unspecified atom stereocenters. The second kappa shape index (κ2) is 14.5. The summed E-state index contributed by atoms with van der Waals surface area (Å²) < 4.78 is 59.1. The Bertz CT molecular complexity index is 931. The summed E-state index contributed by atoms with van der Waals surface area (Å²) in [5, 5.41) is 10.2. The zero-order valence-corrected chi connectivity index (χ0v) is 21.4. The quantitative estimate of drug-likeness (QED) is 0.251. The molecule has 0 aliphatic rings. The minimum Gasteiger partial charge on any atom is -0.491 e. The minimum atomic E-state index is -3.36. The Morgan fingerprint density at radius 3 is 2.33 bits per heavy atom. The van der Waals surface area contributed by atoms with Crippen LogP contribution in [0.3, 0.4) is 0 Å². The highest BCUT2D eigenvalue weighted by Gasteiger charge is 2.17. The standard InChI is InChI=1S/C22H37NO8S2/c1-4-30-22(25)14-7-5-6-8-15-23(33(3,28)29)16-10-11-19(24)18-31-20-12-9-13-21(17-20)32(2,26)27/h9,12-13,17,19,24H,4-8,10-11,14-16,18H2,1-3H3. The summed E-state index contributed by atoms with van der Waals surface area (Å²) in [6, 6.07) is 6.05. The lowest BCUT2D eigenvalue weighted by molar-refractivity contribution is -0.143. The van der Waals surface area contributed by atoms with Crippen LogP contribution >= 0.6 is 0 Å². The van der Waals surface area contributed by atoms with Gasteiger partial charge in [0.15, 0.2) is 9.84 Å². The lowest BCUT2D eigenvalue weighted by Crippen LogP contribution is -2.32. The van der Waals surface area contributed by atoms with Crippen molar-refractivity contribution in [3.63, 3.8) is 0 Å².